The van der Waals surface area contributed by atoms with Gasteiger partial charge in [0, 0.05) is 59.6 Å². The Morgan fingerprint density at radius 2 is 1.57 bits per heavy atom. The molecule has 1 fully saturated rings. The number of halogens is 1. The number of rotatable bonds is 5. The Morgan fingerprint density at radius 3 is 2.20 bits per heavy atom. The number of carbonyl (C=O) groups is 2. The molecular formula is C28H30ClN3O3. The van der Waals surface area contributed by atoms with Gasteiger partial charge in [-0.25, -0.2) is 0 Å². The smallest absolute Gasteiger partial charge is 0.248 e. The molecule has 4 rings (SSSR count). The molecule has 7 heteroatoms. The zero-order valence-electron chi connectivity index (χ0n) is 20.3. The molecule has 3 aromatic rings. The van der Waals surface area contributed by atoms with Crippen LogP contribution in [0.15, 0.2) is 71.2 Å². The molecule has 1 aliphatic heterocycles. The molecule has 0 radical (unpaired) electrons. The second-order valence-electron chi connectivity index (χ2n) is 9.61. The third-order valence-corrected chi connectivity index (χ3v) is 6.11. The minimum atomic E-state index is -0.355. The fourth-order valence-electron chi connectivity index (χ4n) is 3.95. The van der Waals surface area contributed by atoms with Crippen molar-refractivity contribution in [1.82, 2.24) is 4.90 Å². The van der Waals surface area contributed by atoms with E-state index in [1.54, 1.807) is 6.08 Å². The summed E-state index contributed by atoms with van der Waals surface area (Å²) in [6, 6.07) is 18.8. The van der Waals surface area contributed by atoms with Crippen LogP contribution in [0.3, 0.4) is 0 Å². The number of furan rings is 1. The molecule has 1 saturated heterocycles. The van der Waals surface area contributed by atoms with Gasteiger partial charge in [0.25, 0.3) is 0 Å². The van der Waals surface area contributed by atoms with E-state index < -0.39 is 0 Å². The van der Waals surface area contributed by atoms with Crippen LogP contribution < -0.4 is 10.2 Å². The van der Waals surface area contributed by atoms with E-state index in [4.69, 9.17) is 16.0 Å². The highest BCUT2D eigenvalue weighted by atomic mass is 35.5. The highest BCUT2D eigenvalue weighted by Gasteiger charge is 2.29. The molecule has 1 N–H and O–H groups in total. The van der Waals surface area contributed by atoms with Crippen molar-refractivity contribution in [3.63, 3.8) is 0 Å². The Bertz CT molecular complexity index is 1200. The summed E-state index contributed by atoms with van der Waals surface area (Å²) in [6.07, 6.45) is 3.09. The number of piperazine rings is 1. The van der Waals surface area contributed by atoms with Crippen molar-refractivity contribution >= 4 is 40.9 Å². The Morgan fingerprint density at radius 1 is 0.914 bits per heavy atom. The summed E-state index contributed by atoms with van der Waals surface area (Å²) in [5.41, 5.74) is 2.35. The highest BCUT2D eigenvalue weighted by molar-refractivity contribution is 6.30. The largest absolute Gasteiger partial charge is 0.457 e. The normalized spacial score (nSPS) is 14.4. The molecule has 6 nitrogen and oxygen atoms in total. The topological polar surface area (TPSA) is 65.8 Å². The molecule has 1 aliphatic rings. The lowest BCUT2D eigenvalue weighted by atomic mass is 9.94. The van der Waals surface area contributed by atoms with Crippen LogP contribution in [-0.4, -0.2) is 42.9 Å². The number of nitrogens with zero attached hydrogens (tertiary/aromatic N) is 2. The average molecular weight is 492 g/mol. The van der Waals surface area contributed by atoms with Crippen LogP contribution in [0.5, 0.6) is 0 Å². The first-order valence-corrected chi connectivity index (χ1v) is 12.1. The molecule has 0 bridgehead atoms. The molecule has 35 heavy (non-hydrogen) atoms. The lowest BCUT2D eigenvalue weighted by molar-refractivity contribution is -0.139. The number of hydrogen-bond acceptors (Lipinski definition) is 4. The molecule has 2 amide bonds. The van der Waals surface area contributed by atoms with Crippen molar-refractivity contribution in [2.24, 2.45) is 5.41 Å². The van der Waals surface area contributed by atoms with Crippen LogP contribution in [-0.2, 0) is 9.59 Å². The van der Waals surface area contributed by atoms with Gasteiger partial charge in [-0.05, 0) is 66.7 Å². The average Bonchev–Trinajstić information content (AvgIpc) is 3.32. The third kappa shape index (κ3) is 6.34. The molecule has 0 spiro atoms. The van der Waals surface area contributed by atoms with Crippen LogP contribution >= 0.6 is 11.6 Å². The molecule has 2 aromatic carbocycles. The first-order valence-electron chi connectivity index (χ1n) is 11.7. The summed E-state index contributed by atoms with van der Waals surface area (Å²) in [4.78, 5) is 29.0. The van der Waals surface area contributed by atoms with Gasteiger partial charge in [-0.15, -0.1) is 0 Å². The van der Waals surface area contributed by atoms with Crippen molar-refractivity contribution in [2.45, 2.75) is 20.8 Å². The Labute approximate surface area is 211 Å². The first-order chi connectivity index (χ1) is 16.7. The Hall–Kier alpha value is -3.51. The summed E-state index contributed by atoms with van der Waals surface area (Å²) in [5.74, 6) is 1.25. The molecule has 0 aliphatic carbocycles. The second-order valence-corrected chi connectivity index (χ2v) is 10.0. The number of amides is 2. The monoisotopic (exact) mass is 491 g/mol. The molecule has 1 aromatic heterocycles. The van der Waals surface area contributed by atoms with Gasteiger partial charge in [0.2, 0.25) is 11.8 Å². The second kappa shape index (κ2) is 10.4. The van der Waals surface area contributed by atoms with Gasteiger partial charge in [0.15, 0.2) is 0 Å². The number of nitrogens with one attached hydrogen (secondary N) is 1. The third-order valence-electron chi connectivity index (χ3n) is 5.86. The minimum absolute atomic E-state index is 0.194. The Kier molecular flexibility index (Phi) is 7.31. The van der Waals surface area contributed by atoms with E-state index in [2.05, 4.69) is 10.2 Å². The van der Waals surface area contributed by atoms with Gasteiger partial charge in [-0.3, -0.25) is 9.59 Å². The van der Waals surface area contributed by atoms with Crippen LogP contribution in [0.25, 0.3) is 17.4 Å². The standard InChI is InChI=1S/C28H30ClN3O3/c1-28(2,3)27(34)32-18-16-31(17-19-32)23-10-8-22(9-11-23)30-26(33)15-13-24-12-14-25(35-24)20-4-6-21(29)7-5-20/h4-15H,16-19H2,1-3H3,(H,30,33)/b15-13+. The van der Waals surface area contributed by atoms with E-state index in [-0.39, 0.29) is 17.2 Å². The van der Waals surface area contributed by atoms with E-state index >= 15 is 0 Å². The summed E-state index contributed by atoms with van der Waals surface area (Å²) in [7, 11) is 0. The maximum atomic E-state index is 12.5. The minimum Gasteiger partial charge on any atom is -0.457 e. The van der Waals surface area contributed by atoms with Gasteiger partial charge < -0.3 is 19.5 Å². The molecule has 2 heterocycles. The van der Waals surface area contributed by atoms with Crippen molar-refractivity contribution in [3.05, 3.63) is 77.5 Å². The number of benzene rings is 2. The van der Waals surface area contributed by atoms with Gasteiger partial charge in [0.05, 0.1) is 0 Å². The maximum Gasteiger partial charge on any atom is 0.248 e. The van der Waals surface area contributed by atoms with Crippen LogP contribution in [0.4, 0.5) is 11.4 Å². The summed E-state index contributed by atoms with van der Waals surface area (Å²) < 4.78 is 5.79. The first kappa shape index (κ1) is 24.6. The number of carbonyl (C=O) groups excluding carboxylic acids is 2. The molecule has 0 unspecified atom stereocenters. The quantitative estimate of drug-likeness (QED) is 0.448. The van der Waals surface area contributed by atoms with E-state index in [9.17, 15) is 9.59 Å². The maximum absolute atomic E-state index is 12.5. The van der Waals surface area contributed by atoms with Crippen LogP contribution in [0, 0.1) is 5.41 Å². The lowest BCUT2D eigenvalue weighted by Gasteiger charge is -2.38. The van der Waals surface area contributed by atoms with E-state index in [1.807, 2.05) is 86.3 Å². The van der Waals surface area contributed by atoms with Gasteiger partial charge in [-0.1, -0.05) is 32.4 Å². The predicted octanol–water partition coefficient (Wildman–Crippen LogP) is 5.95. The van der Waals surface area contributed by atoms with Crippen molar-refractivity contribution in [3.8, 4) is 11.3 Å². The van der Waals surface area contributed by atoms with Gasteiger partial charge in [-0.2, -0.15) is 0 Å². The summed E-state index contributed by atoms with van der Waals surface area (Å²) >= 11 is 5.93. The van der Waals surface area contributed by atoms with Crippen molar-refractivity contribution in [2.75, 3.05) is 36.4 Å². The zero-order chi connectivity index (χ0) is 25.0. The van der Waals surface area contributed by atoms with E-state index in [1.165, 1.54) is 6.08 Å². The Balaban J connectivity index is 1.29. The van der Waals surface area contributed by atoms with Crippen molar-refractivity contribution < 1.29 is 14.0 Å². The van der Waals surface area contributed by atoms with E-state index in [0.29, 0.717) is 35.3 Å². The van der Waals surface area contributed by atoms with Crippen molar-refractivity contribution in [1.29, 1.82) is 0 Å². The van der Waals surface area contributed by atoms with Gasteiger partial charge in [0.1, 0.15) is 11.5 Å². The summed E-state index contributed by atoms with van der Waals surface area (Å²) in [6.45, 7) is 8.87. The van der Waals surface area contributed by atoms with Crippen LogP contribution in [0.1, 0.15) is 26.5 Å². The fraction of sp³-hybridized carbons (Fsp3) is 0.286. The highest BCUT2D eigenvalue weighted by Crippen LogP contribution is 2.25. The molecular weight excluding hydrogens is 462 g/mol. The molecule has 0 saturated carbocycles. The predicted molar refractivity (Wildman–Crippen MR) is 142 cm³/mol. The SMILES string of the molecule is CC(C)(C)C(=O)N1CCN(c2ccc(NC(=O)/C=C/c3ccc(-c4ccc(Cl)cc4)o3)cc2)CC1. The zero-order valence-corrected chi connectivity index (χ0v) is 21.0. The van der Waals surface area contributed by atoms with Crippen LogP contribution in [0.2, 0.25) is 5.02 Å². The van der Waals surface area contributed by atoms with E-state index in [0.717, 1.165) is 24.3 Å². The molecule has 182 valence electrons. The fourth-order valence-corrected chi connectivity index (χ4v) is 4.08. The molecule has 0 atom stereocenters. The number of anilines is 2. The van der Waals surface area contributed by atoms with Gasteiger partial charge >= 0.3 is 0 Å². The summed E-state index contributed by atoms with van der Waals surface area (Å²) in [5, 5.41) is 3.54. The lowest BCUT2D eigenvalue weighted by Crippen LogP contribution is -2.51. The number of hydrogen-bond donors (Lipinski definition) is 1.